The van der Waals surface area contributed by atoms with E-state index in [1.54, 1.807) is 14.2 Å². The van der Waals surface area contributed by atoms with Gasteiger partial charge in [-0.2, -0.15) is 0 Å². The molecule has 0 saturated heterocycles. The van der Waals surface area contributed by atoms with Crippen LogP contribution in [0.3, 0.4) is 0 Å². The standard InChI is InChI=1S/C8H9Cl.C2H6O/c1-7-2-4-8(6-9)5-3-7;1-3-2/h2-5H,6H2,1H3;1-2H3. The first-order chi connectivity index (χ1) is 5.74. The molecule has 0 saturated carbocycles. The summed E-state index contributed by atoms with van der Waals surface area (Å²) in [6.45, 7) is 2.07. The van der Waals surface area contributed by atoms with Gasteiger partial charge in [0.05, 0.1) is 0 Å². The van der Waals surface area contributed by atoms with Crippen LogP contribution in [0.15, 0.2) is 24.3 Å². The Bertz CT molecular complexity index is 193. The predicted octanol–water partition coefficient (Wildman–Crippen LogP) is 3.00. The molecule has 68 valence electrons. The molecular weight excluding hydrogens is 172 g/mol. The highest BCUT2D eigenvalue weighted by Crippen LogP contribution is 2.04. The third-order valence-electron chi connectivity index (χ3n) is 1.27. The molecule has 0 atom stereocenters. The van der Waals surface area contributed by atoms with Gasteiger partial charge in [-0.25, -0.2) is 0 Å². The van der Waals surface area contributed by atoms with Crippen molar-refractivity contribution >= 4 is 11.6 Å². The number of aryl methyl sites for hydroxylation is 1. The number of methoxy groups -OCH3 is 1. The van der Waals surface area contributed by atoms with E-state index < -0.39 is 0 Å². The SMILES string of the molecule is COC.Cc1ccc(CCl)cc1. The average molecular weight is 187 g/mol. The fraction of sp³-hybridized carbons (Fsp3) is 0.400. The highest BCUT2D eigenvalue weighted by molar-refractivity contribution is 6.17. The normalized spacial score (nSPS) is 8.67. The summed E-state index contributed by atoms with van der Waals surface area (Å²) in [5.74, 6) is 0.611. The van der Waals surface area contributed by atoms with Gasteiger partial charge >= 0.3 is 0 Å². The second kappa shape index (κ2) is 7.14. The van der Waals surface area contributed by atoms with Gasteiger partial charge in [0.25, 0.3) is 0 Å². The highest BCUT2D eigenvalue weighted by atomic mass is 35.5. The molecule has 1 aromatic rings. The van der Waals surface area contributed by atoms with Crippen molar-refractivity contribution in [2.24, 2.45) is 0 Å². The van der Waals surface area contributed by atoms with E-state index >= 15 is 0 Å². The molecule has 0 radical (unpaired) electrons. The fourth-order valence-electron chi connectivity index (χ4n) is 0.677. The zero-order chi connectivity index (χ0) is 9.40. The molecule has 0 N–H and O–H groups in total. The van der Waals surface area contributed by atoms with Gasteiger partial charge < -0.3 is 4.74 Å². The lowest BCUT2D eigenvalue weighted by Crippen LogP contribution is -1.75. The van der Waals surface area contributed by atoms with Gasteiger partial charge in [0, 0.05) is 20.1 Å². The van der Waals surface area contributed by atoms with Crippen LogP contribution in [0.1, 0.15) is 11.1 Å². The number of alkyl halides is 1. The third kappa shape index (κ3) is 5.16. The Hall–Kier alpha value is -0.530. The first-order valence-electron chi connectivity index (χ1n) is 3.76. The Balaban J connectivity index is 0.000000354. The molecule has 0 aliphatic rings. The minimum Gasteiger partial charge on any atom is -0.388 e. The molecule has 0 bridgehead atoms. The van der Waals surface area contributed by atoms with Crippen molar-refractivity contribution in [2.45, 2.75) is 12.8 Å². The topological polar surface area (TPSA) is 9.23 Å². The van der Waals surface area contributed by atoms with Crippen LogP contribution in [-0.4, -0.2) is 14.2 Å². The lowest BCUT2D eigenvalue weighted by molar-refractivity contribution is 0.277. The summed E-state index contributed by atoms with van der Waals surface area (Å²) in [5, 5.41) is 0. The van der Waals surface area contributed by atoms with E-state index in [-0.39, 0.29) is 0 Å². The van der Waals surface area contributed by atoms with Crippen LogP contribution in [-0.2, 0) is 10.6 Å². The van der Waals surface area contributed by atoms with Gasteiger partial charge in [-0.05, 0) is 12.5 Å². The summed E-state index contributed by atoms with van der Waals surface area (Å²) in [4.78, 5) is 0. The van der Waals surface area contributed by atoms with Crippen LogP contribution >= 0.6 is 11.6 Å². The first kappa shape index (κ1) is 11.5. The third-order valence-corrected chi connectivity index (χ3v) is 1.58. The van der Waals surface area contributed by atoms with Gasteiger partial charge in [-0.15, -0.1) is 11.6 Å². The van der Waals surface area contributed by atoms with Gasteiger partial charge in [0.2, 0.25) is 0 Å². The van der Waals surface area contributed by atoms with Crippen molar-refractivity contribution in [3.05, 3.63) is 35.4 Å². The minimum atomic E-state index is 0.611. The first-order valence-corrected chi connectivity index (χ1v) is 4.29. The summed E-state index contributed by atoms with van der Waals surface area (Å²) in [5.41, 5.74) is 2.46. The zero-order valence-corrected chi connectivity index (χ0v) is 8.56. The average Bonchev–Trinajstić information content (AvgIpc) is 2.07. The molecule has 1 nitrogen and oxygen atoms in total. The Labute approximate surface area is 79.3 Å². The molecule has 0 fully saturated rings. The second-order valence-electron chi connectivity index (χ2n) is 2.53. The molecule has 1 aromatic carbocycles. The van der Waals surface area contributed by atoms with E-state index in [0.29, 0.717) is 5.88 Å². The molecule has 0 aliphatic heterocycles. The molecule has 2 heteroatoms. The monoisotopic (exact) mass is 186 g/mol. The maximum atomic E-state index is 5.58. The molecule has 0 spiro atoms. The lowest BCUT2D eigenvalue weighted by Gasteiger charge is -1.93. The number of halogens is 1. The van der Waals surface area contributed by atoms with Gasteiger partial charge in [0.1, 0.15) is 0 Å². The largest absolute Gasteiger partial charge is 0.388 e. The van der Waals surface area contributed by atoms with Crippen molar-refractivity contribution in [1.29, 1.82) is 0 Å². The van der Waals surface area contributed by atoms with Crippen LogP contribution in [0.4, 0.5) is 0 Å². The van der Waals surface area contributed by atoms with E-state index in [1.165, 1.54) is 11.1 Å². The second-order valence-corrected chi connectivity index (χ2v) is 2.79. The summed E-state index contributed by atoms with van der Waals surface area (Å²) in [6, 6.07) is 8.22. The summed E-state index contributed by atoms with van der Waals surface area (Å²) in [6.07, 6.45) is 0. The molecule has 0 heterocycles. The maximum Gasteiger partial charge on any atom is 0.0474 e. The Morgan fingerprint density at radius 3 is 1.92 bits per heavy atom. The van der Waals surface area contributed by atoms with Crippen molar-refractivity contribution in [1.82, 2.24) is 0 Å². The van der Waals surface area contributed by atoms with Crippen LogP contribution in [0, 0.1) is 6.92 Å². The van der Waals surface area contributed by atoms with E-state index in [4.69, 9.17) is 11.6 Å². The fourth-order valence-corrected chi connectivity index (χ4v) is 0.855. The minimum absolute atomic E-state index is 0.611. The molecule has 12 heavy (non-hydrogen) atoms. The van der Waals surface area contributed by atoms with Crippen LogP contribution in [0.25, 0.3) is 0 Å². The van der Waals surface area contributed by atoms with E-state index in [9.17, 15) is 0 Å². The van der Waals surface area contributed by atoms with E-state index in [0.717, 1.165) is 0 Å². The number of ether oxygens (including phenoxy) is 1. The predicted molar refractivity (Wildman–Crippen MR) is 53.7 cm³/mol. The molecular formula is C10H15ClO. The van der Waals surface area contributed by atoms with Crippen LogP contribution in [0.5, 0.6) is 0 Å². The molecule has 0 aliphatic carbocycles. The lowest BCUT2D eigenvalue weighted by atomic mass is 10.2. The molecule has 0 unspecified atom stereocenters. The molecule has 1 rings (SSSR count). The number of hydrogen-bond donors (Lipinski definition) is 0. The van der Waals surface area contributed by atoms with Gasteiger partial charge in [-0.3, -0.25) is 0 Å². The smallest absolute Gasteiger partial charge is 0.0474 e. The van der Waals surface area contributed by atoms with Crippen molar-refractivity contribution < 1.29 is 4.74 Å². The van der Waals surface area contributed by atoms with Crippen molar-refractivity contribution in [2.75, 3.05) is 14.2 Å². The maximum absolute atomic E-state index is 5.58. The number of benzene rings is 1. The van der Waals surface area contributed by atoms with Crippen molar-refractivity contribution in [3.63, 3.8) is 0 Å². The summed E-state index contributed by atoms with van der Waals surface area (Å²) >= 11 is 5.58. The Morgan fingerprint density at radius 2 is 1.58 bits per heavy atom. The van der Waals surface area contributed by atoms with Crippen LogP contribution in [0.2, 0.25) is 0 Å². The number of hydrogen-bond acceptors (Lipinski definition) is 1. The summed E-state index contributed by atoms with van der Waals surface area (Å²) < 4.78 is 4.25. The quantitative estimate of drug-likeness (QED) is 0.613. The molecule has 0 aromatic heterocycles. The summed E-state index contributed by atoms with van der Waals surface area (Å²) in [7, 11) is 3.25. The Morgan fingerprint density at radius 1 is 1.17 bits per heavy atom. The van der Waals surface area contributed by atoms with E-state index in [1.807, 2.05) is 12.1 Å². The zero-order valence-electron chi connectivity index (χ0n) is 7.80. The highest BCUT2D eigenvalue weighted by Gasteiger charge is 1.86. The van der Waals surface area contributed by atoms with E-state index in [2.05, 4.69) is 23.8 Å². The number of rotatable bonds is 1. The van der Waals surface area contributed by atoms with Gasteiger partial charge in [0.15, 0.2) is 0 Å². The van der Waals surface area contributed by atoms with Gasteiger partial charge in [-0.1, -0.05) is 29.8 Å². The van der Waals surface area contributed by atoms with Crippen LogP contribution < -0.4 is 0 Å². The Kier molecular flexibility index (Phi) is 6.82. The molecule has 0 amide bonds. The van der Waals surface area contributed by atoms with Crippen molar-refractivity contribution in [3.8, 4) is 0 Å².